The van der Waals surface area contributed by atoms with E-state index in [0.717, 1.165) is 0 Å². The molecule has 0 aromatic rings. The number of hydrogen-bond acceptors (Lipinski definition) is 1. The quantitative estimate of drug-likeness (QED) is 0.444. The molecule has 0 aliphatic carbocycles. The third-order valence-corrected chi connectivity index (χ3v) is 0. The summed E-state index contributed by atoms with van der Waals surface area (Å²) in [6.07, 6.45) is 0. The van der Waals surface area contributed by atoms with Crippen molar-refractivity contribution in [2.75, 3.05) is 0 Å². The molecule has 0 rings (SSSR count). The zero-order chi connectivity index (χ0) is 2.00. The van der Waals surface area contributed by atoms with Crippen molar-refractivity contribution < 1.29 is 5.48 Å². The first-order chi connectivity index (χ1) is 1.00. The maximum absolute atomic E-state index is 2.94. The fourth-order valence-corrected chi connectivity index (χ4v) is 0. The van der Waals surface area contributed by atoms with Gasteiger partial charge < -0.3 is 11.6 Å². The summed E-state index contributed by atoms with van der Waals surface area (Å²) >= 11 is 4.75. The molecule has 0 saturated heterocycles. The van der Waals surface area contributed by atoms with Crippen LogP contribution in [-0.2, 0) is 0 Å². The first-order valence-corrected chi connectivity index (χ1v) is 1.96. The van der Waals surface area contributed by atoms with Gasteiger partial charge in [-0.05, 0) is 0 Å². The summed E-state index contributed by atoms with van der Waals surface area (Å²) in [5, 5.41) is 0. The van der Waals surface area contributed by atoms with E-state index in [0.29, 0.717) is 0 Å². The number of halogens is 1. The predicted octanol–water partition coefficient (Wildman–Crippen LogP) is -0.198. The Morgan fingerprint density at radius 3 is 1.25 bits per heavy atom. The fourth-order valence-electron chi connectivity index (χ4n) is 0. The molecule has 4 heteroatoms. The Balaban J connectivity index is -0.00000000500. The van der Waals surface area contributed by atoms with Gasteiger partial charge in [0.15, 0.2) is 0 Å². The monoisotopic (exact) mass is 121 g/mol. The summed E-state index contributed by atoms with van der Waals surface area (Å²) in [5.74, 6) is 0. The SMILES string of the molecule is N.O.[Li][Br]. The van der Waals surface area contributed by atoms with E-state index in [-0.39, 0.29) is 11.6 Å². The molecule has 5 N–H and O–H groups in total. The normalized spacial score (nSPS) is 1.75. The van der Waals surface area contributed by atoms with Crippen LogP contribution < -0.4 is 6.15 Å². The second kappa shape index (κ2) is 36.1. The fraction of sp³-hybridized carbons (Fsp3) is 0. The first-order valence-electron chi connectivity index (χ1n) is 0.378. The van der Waals surface area contributed by atoms with Crippen molar-refractivity contribution in [3.8, 4) is 0 Å². The van der Waals surface area contributed by atoms with Gasteiger partial charge in [-0.2, -0.15) is 0 Å². The Morgan fingerprint density at radius 2 is 1.25 bits per heavy atom. The molecule has 0 heterocycles. The van der Waals surface area contributed by atoms with Gasteiger partial charge in [-0.1, -0.05) is 0 Å². The summed E-state index contributed by atoms with van der Waals surface area (Å²) in [5.41, 5.74) is 0. The summed E-state index contributed by atoms with van der Waals surface area (Å²) in [6, 6.07) is 0. The van der Waals surface area contributed by atoms with E-state index in [1.165, 1.54) is 0 Å². The van der Waals surface area contributed by atoms with Crippen LogP contribution in [0.2, 0.25) is 0 Å². The molecule has 0 fully saturated rings. The second-order valence-electron chi connectivity index (χ2n) is 0. The minimum absolute atomic E-state index is 0. The zero-order valence-corrected chi connectivity index (χ0v) is 4.17. The third-order valence-electron chi connectivity index (χ3n) is 0. The average molecular weight is 122 g/mol. The molecule has 0 aliphatic heterocycles. The first kappa shape index (κ1) is 20.0. The van der Waals surface area contributed by atoms with E-state index in [1.807, 2.05) is 15.8 Å². The minimum atomic E-state index is 0. The topological polar surface area (TPSA) is 66.5 Å². The molecule has 0 aliphatic rings. The molecule has 0 bridgehead atoms. The van der Waals surface area contributed by atoms with Crippen LogP contribution in [0.1, 0.15) is 0 Å². The molecule has 0 atom stereocenters. The van der Waals surface area contributed by atoms with Gasteiger partial charge in [0.05, 0.1) is 0 Å². The zero-order valence-electron chi connectivity index (χ0n) is 2.59. The van der Waals surface area contributed by atoms with Crippen molar-refractivity contribution in [1.29, 1.82) is 0 Å². The van der Waals surface area contributed by atoms with Crippen LogP contribution >= 0.6 is 13.7 Å². The molecular weight excluding hydrogens is 117 g/mol. The molecule has 0 aromatic carbocycles. The Morgan fingerprint density at radius 1 is 1.25 bits per heavy atom. The van der Waals surface area contributed by atoms with Crippen molar-refractivity contribution in [3.63, 3.8) is 0 Å². The maximum atomic E-state index is 2.94. The molecule has 0 unspecified atom stereocenters. The van der Waals surface area contributed by atoms with Gasteiger partial charge in [0.2, 0.25) is 0 Å². The Kier molecular flexibility index (Phi) is 181. The van der Waals surface area contributed by atoms with Crippen molar-refractivity contribution in [3.05, 3.63) is 0 Å². The van der Waals surface area contributed by atoms with E-state index < -0.39 is 0 Å². The Hall–Kier alpha value is 0.997. The van der Waals surface area contributed by atoms with Gasteiger partial charge in [-0.25, -0.2) is 0 Å². The van der Waals surface area contributed by atoms with Gasteiger partial charge in [0.1, 0.15) is 0 Å². The van der Waals surface area contributed by atoms with Crippen LogP contribution in [0.25, 0.3) is 0 Å². The second-order valence-corrected chi connectivity index (χ2v) is 0. The van der Waals surface area contributed by atoms with Gasteiger partial charge in [-0.15, -0.1) is 0 Å². The van der Waals surface area contributed by atoms with E-state index in [2.05, 4.69) is 13.7 Å². The van der Waals surface area contributed by atoms with E-state index in [9.17, 15) is 0 Å². The number of rotatable bonds is 0. The van der Waals surface area contributed by atoms with Crippen LogP contribution in [0.3, 0.4) is 0 Å². The summed E-state index contributed by atoms with van der Waals surface area (Å²) in [7, 11) is 0. The van der Waals surface area contributed by atoms with Gasteiger partial charge >= 0.3 is 29.5 Å². The molecule has 4 heavy (non-hydrogen) atoms. The molecule has 0 amide bonds. The van der Waals surface area contributed by atoms with Crippen molar-refractivity contribution in [2.24, 2.45) is 0 Å². The Labute approximate surface area is 41.5 Å². The number of hydrogen-bond donors (Lipinski definition) is 1. The van der Waals surface area contributed by atoms with Crippen molar-refractivity contribution in [1.82, 2.24) is 6.15 Å². The third kappa shape index (κ3) is 12.0. The molecule has 0 spiro atoms. The van der Waals surface area contributed by atoms with Crippen LogP contribution in [0, 0.1) is 0 Å². The van der Waals surface area contributed by atoms with Crippen LogP contribution in [0.15, 0.2) is 0 Å². The summed E-state index contributed by atoms with van der Waals surface area (Å²) in [4.78, 5) is 0. The van der Waals surface area contributed by atoms with Gasteiger partial charge in [0, 0.05) is 0 Å². The predicted molar refractivity (Wildman–Crippen MR) is 23.3 cm³/mol. The van der Waals surface area contributed by atoms with E-state index in [4.69, 9.17) is 0 Å². The molecule has 2 nitrogen and oxygen atoms in total. The van der Waals surface area contributed by atoms with E-state index >= 15 is 0 Å². The molecule has 24 valence electrons. The van der Waals surface area contributed by atoms with E-state index in [1.54, 1.807) is 0 Å². The summed E-state index contributed by atoms with van der Waals surface area (Å²) < 4.78 is 0. The molecule has 0 radical (unpaired) electrons. The van der Waals surface area contributed by atoms with Gasteiger partial charge in [-0.3, -0.25) is 0 Å². The van der Waals surface area contributed by atoms with Crippen LogP contribution in [0.4, 0.5) is 0 Å². The summed E-state index contributed by atoms with van der Waals surface area (Å²) in [6.45, 7) is 0. The molecular formula is H5BrLiNO. The Bertz CT molecular complexity index is 8.00. The van der Waals surface area contributed by atoms with Crippen molar-refractivity contribution in [2.45, 2.75) is 0 Å². The molecule has 0 saturated carbocycles. The van der Waals surface area contributed by atoms with Crippen molar-refractivity contribution >= 4 is 29.5 Å². The van der Waals surface area contributed by atoms with Crippen LogP contribution in [-0.4, -0.2) is 21.3 Å². The molecule has 0 aromatic heterocycles. The van der Waals surface area contributed by atoms with Gasteiger partial charge in [0.25, 0.3) is 0 Å². The standard InChI is InChI=1S/BrH.Li.H3N.H2O/h1H;;1H3;1H2/q;+1;;/p-1. The average Bonchev–Trinajstić information content (AvgIpc) is 1.00. The van der Waals surface area contributed by atoms with Crippen LogP contribution in [0.5, 0.6) is 0 Å².